The van der Waals surface area contributed by atoms with Gasteiger partial charge in [0.15, 0.2) is 0 Å². The fraction of sp³-hybridized carbons (Fsp3) is 0.360. The topological polar surface area (TPSA) is 97.0 Å². The van der Waals surface area contributed by atoms with Crippen LogP contribution in [-0.4, -0.2) is 28.6 Å². The predicted molar refractivity (Wildman–Crippen MR) is 125 cm³/mol. The Hall–Kier alpha value is -2.90. The van der Waals surface area contributed by atoms with E-state index >= 15 is 0 Å². The summed E-state index contributed by atoms with van der Waals surface area (Å²) in [6.45, 7) is 9.31. The molecule has 1 atom stereocenters. The minimum Gasteiger partial charge on any atom is -0.507 e. The van der Waals surface area contributed by atoms with Gasteiger partial charge in [-0.2, -0.15) is 0 Å². The molecule has 0 bridgehead atoms. The van der Waals surface area contributed by atoms with Gasteiger partial charge in [-0.05, 0) is 49.8 Å². The van der Waals surface area contributed by atoms with Crippen molar-refractivity contribution in [2.24, 2.45) is 5.92 Å². The number of hydrogen-bond donors (Lipinski definition) is 2. The van der Waals surface area contributed by atoms with E-state index in [4.69, 9.17) is 9.07 Å². The van der Waals surface area contributed by atoms with Gasteiger partial charge in [0.25, 0.3) is 0 Å². The molecular weight excluding hydrogens is 407 g/mol. The summed E-state index contributed by atoms with van der Waals surface area (Å²) in [4.78, 5) is 24.8. The van der Waals surface area contributed by atoms with E-state index in [1.807, 2.05) is 27.7 Å². The molecular formula is C25H29BO6. The summed E-state index contributed by atoms with van der Waals surface area (Å²) in [5.74, 6) is -0.804. The highest BCUT2D eigenvalue weighted by Crippen LogP contribution is 2.36. The summed E-state index contributed by atoms with van der Waals surface area (Å²) in [6.07, 6.45) is 0.0233. The van der Waals surface area contributed by atoms with Gasteiger partial charge in [0.1, 0.15) is 17.1 Å². The van der Waals surface area contributed by atoms with Crippen molar-refractivity contribution in [3.63, 3.8) is 0 Å². The molecule has 0 saturated carbocycles. The zero-order valence-electron chi connectivity index (χ0n) is 19.1. The Morgan fingerprint density at radius 2 is 1.75 bits per heavy atom. The number of aromatic hydroxyl groups is 1. The molecule has 0 aliphatic heterocycles. The number of benzene rings is 2. The van der Waals surface area contributed by atoms with Crippen LogP contribution in [-0.2, 0) is 9.45 Å². The standard InChI is InChI=1S/C25H29BO6/c1-15(2)25(4,5)32-26(30)18-12-10-17(11-13-18)20(14-16(3)27)22-23(28)19-8-6-7-9-21(19)31-24(22)29/h6-13,15,20,28,30H,14H2,1-5H3. The van der Waals surface area contributed by atoms with Gasteiger partial charge in [-0.3, -0.25) is 4.79 Å². The molecule has 32 heavy (non-hydrogen) atoms. The second-order valence-electron chi connectivity index (χ2n) is 9.00. The first kappa shape index (κ1) is 23.8. The highest BCUT2D eigenvalue weighted by atomic mass is 16.5. The van der Waals surface area contributed by atoms with Gasteiger partial charge in [-0.15, -0.1) is 0 Å². The maximum absolute atomic E-state index is 12.7. The van der Waals surface area contributed by atoms with Crippen molar-refractivity contribution >= 4 is 29.3 Å². The summed E-state index contributed by atoms with van der Waals surface area (Å²) in [5, 5.41) is 21.8. The SMILES string of the molecule is CC(=O)CC(c1ccc(B(O)OC(C)(C)C(C)C)cc1)c1c(O)c2ccccc2oc1=O. The van der Waals surface area contributed by atoms with E-state index in [9.17, 15) is 19.7 Å². The van der Waals surface area contributed by atoms with Gasteiger partial charge in [-0.25, -0.2) is 4.79 Å². The molecule has 0 spiro atoms. The van der Waals surface area contributed by atoms with Gasteiger partial charge in [0.05, 0.1) is 16.6 Å². The Morgan fingerprint density at radius 1 is 1.12 bits per heavy atom. The lowest BCUT2D eigenvalue weighted by Gasteiger charge is -2.31. The second-order valence-corrected chi connectivity index (χ2v) is 9.00. The van der Waals surface area contributed by atoms with Crippen LogP contribution in [0.3, 0.4) is 0 Å². The molecule has 2 aromatic carbocycles. The van der Waals surface area contributed by atoms with E-state index in [-0.39, 0.29) is 35.0 Å². The van der Waals surface area contributed by atoms with Crippen LogP contribution in [0.5, 0.6) is 5.75 Å². The largest absolute Gasteiger partial charge is 0.507 e. The summed E-state index contributed by atoms with van der Waals surface area (Å²) in [6, 6.07) is 13.6. The van der Waals surface area contributed by atoms with E-state index in [1.165, 1.54) is 6.92 Å². The van der Waals surface area contributed by atoms with E-state index in [1.54, 1.807) is 48.5 Å². The first-order valence-electron chi connectivity index (χ1n) is 10.7. The maximum atomic E-state index is 12.7. The van der Waals surface area contributed by atoms with Crippen molar-refractivity contribution in [2.75, 3.05) is 0 Å². The molecule has 2 N–H and O–H groups in total. The van der Waals surface area contributed by atoms with Crippen molar-refractivity contribution < 1.29 is 24.0 Å². The molecule has 3 rings (SSSR count). The third kappa shape index (κ3) is 4.95. The number of rotatable bonds is 8. The average molecular weight is 436 g/mol. The molecule has 168 valence electrons. The monoisotopic (exact) mass is 436 g/mol. The smallest absolute Gasteiger partial charge is 0.491 e. The minimum absolute atomic E-state index is 0.0233. The minimum atomic E-state index is -1.12. The highest BCUT2D eigenvalue weighted by molar-refractivity contribution is 6.60. The summed E-state index contributed by atoms with van der Waals surface area (Å²) < 4.78 is 11.2. The summed E-state index contributed by atoms with van der Waals surface area (Å²) in [7, 11) is -1.12. The number of para-hydroxylation sites is 1. The molecule has 0 amide bonds. The Labute approximate surface area is 188 Å². The Kier molecular flexibility index (Phi) is 6.91. The van der Waals surface area contributed by atoms with Gasteiger partial charge in [-0.1, -0.05) is 50.2 Å². The summed E-state index contributed by atoms with van der Waals surface area (Å²) >= 11 is 0. The van der Waals surface area contributed by atoms with Gasteiger partial charge < -0.3 is 19.2 Å². The zero-order chi connectivity index (χ0) is 23.6. The first-order valence-corrected chi connectivity index (χ1v) is 10.7. The number of fused-ring (bicyclic) bond motifs is 1. The lowest BCUT2D eigenvalue weighted by atomic mass is 9.76. The third-order valence-electron chi connectivity index (χ3n) is 6.09. The van der Waals surface area contributed by atoms with Crippen LogP contribution in [0.4, 0.5) is 0 Å². The Bertz CT molecular complexity index is 1160. The Morgan fingerprint density at radius 3 is 2.34 bits per heavy atom. The van der Waals surface area contributed by atoms with Crippen LogP contribution >= 0.6 is 0 Å². The number of ketones is 1. The normalized spacial score (nSPS) is 12.8. The van der Waals surface area contributed by atoms with Gasteiger partial charge in [0.2, 0.25) is 0 Å². The van der Waals surface area contributed by atoms with E-state index in [0.717, 1.165) is 0 Å². The summed E-state index contributed by atoms with van der Waals surface area (Å²) in [5.41, 5.74) is 0.327. The molecule has 6 nitrogen and oxygen atoms in total. The van der Waals surface area contributed by atoms with Crippen LogP contribution in [0.2, 0.25) is 0 Å². The number of carbonyl (C=O) groups excluding carboxylic acids is 1. The van der Waals surface area contributed by atoms with Gasteiger partial charge in [0, 0.05) is 12.3 Å². The molecule has 1 aromatic heterocycles. The molecule has 7 heteroatoms. The van der Waals surface area contributed by atoms with Crippen molar-refractivity contribution in [1.29, 1.82) is 0 Å². The molecule has 1 unspecified atom stereocenters. The molecule has 1 heterocycles. The number of hydrogen-bond acceptors (Lipinski definition) is 6. The van der Waals surface area contributed by atoms with Crippen molar-refractivity contribution in [1.82, 2.24) is 0 Å². The van der Waals surface area contributed by atoms with Crippen LogP contribution in [0.1, 0.15) is 58.1 Å². The van der Waals surface area contributed by atoms with Gasteiger partial charge >= 0.3 is 12.7 Å². The van der Waals surface area contributed by atoms with Crippen molar-refractivity contribution in [2.45, 2.75) is 52.6 Å². The molecule has 0 aliphatic rings. The average Bonchev–Trinajstić information content (AvgIpc) is 2.72. The van der Waals surface area contributed by atoms with E-state index in [0.29, 0.717) is 16.4 Å². The van der Waals surface area contributed by atoms with Crippen molar-refractivity contribution in [3.8, 4) is 5.75 Å². The van der Waals surface area contributed by atoms with Crippen molar-refractivity contribution in [3.05, 3.63) is 70.1 Å². The first-order chi connectivity index (χ1) is 15.0. The van der Waals surface area contributed by atoms with Crippen LogP contribution in [0, 0.1) is 5.92 Å². The number of carbonyl (C=O) groups is 1. The molecule has 0 radical (unpaired) electrons. The predicted octanol–water partition coefficient (Wildman–Crippen LogP) is 3.75. The van der Waals surface area contributed by atoms with Crippen LogP contribution < -0.4 is 11.1 Å². The van der Waals surface area contributed by atoms with E-state index in [2.05, 4.69) is 0 Å². The maximum Gasteiger partial charge on any atom is 0.491 e. The van der Waals surface area contributed by atoms with Crippen LogP contribution in [0.25, 0.3) is 11.0 Å². The molecule has 0 saturated heterocycles. The fourth-order valence-electron chi connectivity index (χ4n) is 3.51. The second kappa shape index (κ2) is 9.31. The fourth-order valence-corrected chi connectivity index (χ4v) is 3.51. The number of Topliss-reactive ketones (excluding diaryl/α,β-unsaturated/α-hetero) is 1. The molecule has 0 fully saturated rings. The lowest BCUT2D eigenvalue weighted by Crippen LogP contribution is -2.44. The molecule has 3 aromatic rings. The third-order valence-corrected chi connectivity index (χ3v) is 6.09. The Balaban J connectivity index is 2.00. The van der Waals surface area contributed by atoms with E-state index < -0.39 is 24.3 Å². The lowest BCUT2D eigenvalue weighted by molar-refractivity contribution is -0.117. The highest BCUT2D eigenvalue weighted by Gasteiger charge is 2.31. The quantitative estimate of drug-likeness (QED) is 0.413. The zero-order valence-corrected chi connectivity index (χ0v) is 19.1. The van der Waals surface area contributed by atoms with Crippen LogP contribution in [0.15, 0.2) is 57.7 Å². The molecule has 0 aliphatic carbocycles.